The maximum absolute atomic E-state index is 13.0. The molecule has 29 heavy (non-hydrogen) atoms. The lowest BCUT2D eigenvalue weighted by molar-refractivity contribution is -0.137. The van der Waals surface area contributed by atoms with Gasteiger partial charge in [0.25, 0.3) is 0 Å². The number of halogens is 3. The van der Waals surface area contributed by atoms with Crippen LogP contribution in [-0.4, -0.2) is 33.4 Å². The summed E-state index contributed by atoms with van der Waals surface area (Å²) in [6.45, 7) is 3.15. The minimum absolute atomic E-state index is 0.137. The summed E-state index contributed by atoms with van der Waals surface area (Å²) in [6.07, 6.45) is -1.54. The number of benzene rings is 1. The molecule has 1 amide bonds. The van der Waals surface area contributed by atoms with Gasteiger partial charge in [0.1, 0.15) is 5.82 Å². The van der Waals surface area contributed by atoms with Crippen LogP contribution < -0.4 is 0 Å². The van der Waals surface area contributed by atoms with E-state index in [0.717, 1.165) is 36.9 Å². The van der Waals surface area contributed by atoms with Crippen LogP contribution in [0.1, 0.15) is 41.6 Å². The van der Waals surface area contributed by atoms with E-state index >= 15 is 0 Å². The van der Waals surface area contributed by atoms with E-state index in [1.54, 1.807) is 11.3 Å². The van der Waals surface area contributed by atoms with E-state index < -0.39 is 11.7 Å². The SMILES string of the molecule is Cc1nc2cc(C(F)(F)F)ccc2n1C1CCN(C(=O)CCc2cccs2)CC1. The number of nitrogens with zero attached hydrogens (tertiary/aromatic N) is 3. The molecular formula is C21H22F3N3OS. The Morgan fingerprint density at radius 3 is 2.66 bits per heavy atom. The maximum Gasteiger partial charge on any atom is 0.416 e. The second-order valence-corrected chi connectivity index (χ2v) is 8.45. The van der Waals surface area contributed by atoms with Gasteiger partial charge in [-0.05, 0) is 55.8 Å². The zero-order valence-corrected chi connectivity index (χ0v) is 16.9. The molecule has 0 atom stereocenters. The minimum atomic E-state index is -4.37. The highest BCUT2D eigenvalue weighted by Gasteiger charge is 2.32. The van der Waals surface area contributed by atoms with Crippen LogP contribution in [0.3, 0.4) is 0 Å². The van der Waals surface area contributed by atoms with Crippen molar-refractivity contribution >= 4 is 28.3 Å². The number of carbonyl (C=O) groups excluding carboxylic acids is 1. The fourth-order valence-corrected chi connectivity index (χ4v) is 4.78. The third-order valence-corrected chi connectivity index (χ3v) is 6.48. The quantitative estimate of drug-likeness (QED) is 0.579. The Labute approximate surface area is 171 Å². The summed E-state index contributed by atoms with van der Waals surface area (Å²) in [5.41, 5.74) is 0.408. The van der Waals surface area contributed by atoms with Crippen LogP contribution in [0.4, 0.5) is 13.2 Å². The molecule has 0 bridgehead atoms. The number of alkyl halides is 3. The topological polar surface area (TPSA) is 38.1 Å². The van der Waals surface area contributed by atoms with Gasteiger partial charge in [0.15, 0.2) is 0 Å². The Hall–Kier alpha value is -2.35. The highest BCUT2D eigenvalue weighted by atomic mass is 32.1. The molecule has 4 rings (SSSR count). The van der Waals surface area contributed by atoms with Crippen LogP contribution >= 0.6 is 11.3 Å². The zero-order valence-electron chi connectivity index (χ0n) is 16.1. The summed E-state index contributed by atoms with van der Waals surface area (Å²) in [6, 6.07) is 7.91. The van der Waals surface area contributed by atoms with Crippen molar-refractivity contribution in [3.8, 4) is 0 Å². The molecule has 0 unspecified atom stereocenters. The Morgan fingerprint density at radius 1 is 1.24 bits per heavy atom. The van der Waals surface area contributed by atoms with E-state index in [-0.39, 0.29) is 11.9 Å². The fourth-order valence-electron chi connectivity index (χ4n) is 4.07. The summed E-state index contributed by atoms with van der Waals surface area (Å²) >= 11 is 1.66. The molecular weight excluding hydrogens is 399 g/mol. The molecule has 2 aromatic heterocycles. The van der Waals surface area contributed by atoms with Crippen LogP contribution in [0, 0.1) is 6.92 Å². The van der Waals surface area contributed by atoms with E-state index in [9.17, 15) is 18.0 Å². The van der Waals surface area contributed by atoms with Gasteiger partial charge in [-0.25, -0.2) is 4.98 Å². The highest BCUT2D eigenvalue weighted by Crippen LogP contribution is 2.34. The number of amides is 1. The number of fused-ring (bicyclic) bond motifs is 1. The van der Waals surface area contributed by atoms with Crippen molar-refractivity contribution in [3.05, 3.63) is 52.0 Å². The van der Waals surface area contributed by atoms with Gasteiger partial charge in [-0.15, -0.1) is 11.3 Å². The monoisotopic (exact) mass is 421 g/mol. The largest absolute Gasteiger partial charge is 0.416 e. The molecule has 1 aliphatic heterocycles. The van der Waals surface area contributed by atoms with Crippen molar-refractivity contribution in [2.75, 3.05) is 13.1 Å². The second kappa shape index (κ2) is 7.82. The molecule has 0 spiro atoms. The third kappa shape index (κ3) is 4.17. The normalized spacial score (nSPS) is 15.9. The number of carbonyl (C=O) groups is 1. The van der Waals surface area contributed by atoms with E-state index in [4.69, 9.17) is 0 Å². The molecule has 1 aromatic carbocycles. The van der Waals surface area contributed by atoms with E-state index in [1.165, 1.54) is 10.9 Å². The summed E-state index contributed by atoms with van der Waals surface area (Å²) in [5, 5.41) is 2.01. The first-order valence-electron chi connectivity index (χ1n) is 9.69. The van der Waals surface area contributed by atoms with Gasteiger partial charge in [-0.3, -0.25) is 4.79 Å². The Bertz CT molecular complexity index is 1000. The molecule has 0 N–H and O–H groups in total. The van der Waals surface area contributed by atoms with Gasteiger partial charge in [-0.2, -0.15) is 13.2 Å². The molecule has 3 aromatic rings. The third-order valence-electron chi connectivity index (χ3n) is 5.54. The van der Waals surface area contributed by atoms with Crippen LogP contribution in [0.2, 0.25) is 0 Å². The van der Waals surface area contributed by atoms with Gasteiger partial charge in [-0.1, -0.05) is 6.07 Å². The first kappa shape index (κ1) is 19.9. The smallest absolute Gasteiger partial charge is 0.343 e. The fraction of sp³-hybridized carbons (Fsp3) is 0.429. The number of hydrogen-bond acceptors (Lipinski definition) is 3. The number of likely N-dealkylation sites (tertiary alicyclic amines) is 1. The molecule has 0 aliphatic carbocycles. The van der Waals surface area contributed by atoms with Gasteiger partial charge < -0.3 is 9.47 Å². The number of piperidine rings is 1. The number of thiophene rings is 1. The zero-order chi connectivity index (χ0) is 20.6. The average molecular weight is 421 g/mol. The molecule has 0 radical (unpaired) electrons. The van der Waals surface area contributed by atoms with E-state index in [1.807, 2.05) is 33.9 Å². The molecule has 154 valence electrons. The van der Waals surface area contributed by atoms with Crippen molar-refractivity contribution in [2.45, 2.75) is 44.8 Å². The standard InChI is InChI=1S/C21H22F3N3OS/c1-14-25-18-13-15(21(22,23)24)4-6-19(18)27(14)16-8-10-26(11-9-16)20(28)7-5-17-3-2-12-29-17/h2-4,6,12-13,16H,5,7-11H2,1H3. The van der Waals surface area contributed by atoms with E-state index in [0.29, 0.717) is 30.9 Å². The molecule has 8 heteroatoms. The lowest BCUT2D eigenvalue weighted by Crippen LogP contribution is -2.39. The summed E-state index contributed by atoms with van der Waals surface area (Å²) in [5.74, 6) is 0.876. The summed E-state index contributed by atoms with van der Waals surface area (Å²) < 4.78 is 41.0. The van der Waals surface area contributed by atoms with Crippen LogP contribution in [0.15, 0.2) is 35.7 Å². The van der Waals surface area contributed by atoms with Crippen LogP contribution in [0.25, 0.3) is 11.0 Å². The van der Waals surface area contributed by atoms with Gasteiger partial charge >= 0.3 is 6.18 Å². The van der Waals surface area contributed by atoms with Crippen molar-refractivity contribution in [1.82, 2.24) is 14.5 Å². The summed E-state index contributed by atoms with van der Waals surface area (Å²) in [7, 11) is 0. The number of imidazole rings is 1. The minimum Gasteiger partial charge on any atom is -0.343 e. The predicted octanol–water partition coefficient (Wildman–Crippen LogP) is 5.22. The maximum atomic E-state index is 13.0. The van der Waals surface area contributed by atoms with Gasteiger partial charge in [0, 0.05) is 30.4 Å². The highest BCUT2D eigenvalue weighted by molar-refractivity contribution is 7.09. The van der Waals surface area contributed by atoms with Crippen molar-refractivity contribution < 1.29 is 18.0 Å². The van der Waals surface area contributed by atoms with Gasteiger partial charge in [0.05, 0.1) is 16.6 Å². The lowest BCUT2D eigenvalue weighted by Gasteiger charge is -2.33. The summed E-state index contributed by atoms with van der Waals surface area (Å²) in [4.78, 5) is 20.0. The second-order valence-electron chi connectivity index (χ2n) is 7.42. The number of hydrogen-bond donors (Lipinski definition) is 0. The average Bonchev–Trinajstić information content (AvgIpc) is 3.31. The first-order chi connectivity index (χ1) is 13.8. The lowest BCUT2D eigenvalue weighted by atomic mass is 10.0. The van der Waals surface area contributed by atoms with Crippen LogP contribution in [0.5, 0.6) is 0 Å². The molecule has 3 heterocycles. The molecule has 1 fully saturated rings. The Kier molecular flexibility index (Phi) is 5.38. The van der Waals surface area contributed by atoms with Crippen LogP contribution in [-0.2, 0) is 17.4 Å². The van der Waals surface area contributed by atoms with Crippen molar-refractivity contribution in [1.29, 1.82) is 0 Å². The van der Waals surface area contributed by atoms with E-state index in [2.05, 4.69) is 4.98 Å². The first-order valence-corrected chi connectivity index (χ1v) is 10.6. The van der Waals surface area contributed by atoms with Gasteiger partial charge in [0.2, 0.25) is 5.91 Å². The molecule has 0 saturated carbocycles. The number of aromatic nitrogens is 2. The number of aryl methyl sites for hydroxylation is 2. The Morgan fingerprint density at radius 2 is 2.00 bits per heavy atom. The molecule has 1 aliphatic rings. The van der Waals surface area contributed by atoms with Crippen molar-refractivity contribution in [2.24, 2.45) is 0 Å². The number of rotatable bonds is 4. The molecule has 4 nitrogen and oxygen atoms in total. The molecule has 1 saturated heterocycles. The predicted molar refractivity (Wildman–Crippen MR) is 107 cm³/mol. The Balaban J connectivity index is 1.43. The van der Waals surface area contributed by atoms with Crippen molar-refractivity contribution in [3.63, 3.8) is 0 Å².